The zero-order valence-electron chi connectivity index (χ0n) is 29.4. The highest BCUT2D eigenvalue weighted by Crippen LogP contribution is 2.39. The Balaban J connectivity index is 1.14. The lowest BCUT2D eigenvalue weighted by Crippen LogP contribution is -2.65. The molecule has 15 nitrogen and oxygen atoms in total. The molecule has 0 radical (unpaired) electrons. The fourth-order valence-electron chi connectivity index (χ4n) is 6.60. The lowest BCUT2D eigenvalue weighted by atomic mass is 9.89. The maximum atomic E-state index is 13.4. The normalized spacial score (nSPS) is 19.7. The topological polar surface area (TPSA) is 200 Å². The summed E-state index contributed by atoms with van der Waals surface area (Å²) in [4.78, 5) is 51.6. The first-order valence-electron chi connectivity index (χ1n) is 16.7. The molecule has 0 saturated carbocycles. The molecule has 4 aromatic heterocycles. The molecule has 1 fully saturated rings. The van der Waals surface area contributed by atoms with Gasteiger partial charge in [-0.05, 0) is 76.2 Å². The molecule has 1 aliphatic heterocycles. The monoisotopic (exact) mass is 723 g/mol. The predicted octanol–water partition coefficient (Wildman–Crippen LogP) is 4.61. The number of fused-ring (bicyclic) bond motifs is 2. The third-order valence-electron chi connectivity index (χ3n) is 9.17. The first kappa shape index (κ1) is 35.4. The summed E-state index contributed by atoms with van der Waals surface area (Å²) >= 11 is 0. The smallest absolute Gasteiger partial charge is 0.364 e. The van der Waals surface area contributed by atoms with Crippen LogP contribution in [0.3, 0.4) is 0 Å². The SMILES string of the molecule is CO[C@@H]1[C@@H](OC(=O)c2ccc(C)[nH]2)[C@@H](O)[C@H](Oc2ccc3c(O)c(NC(=O)Cn4c(-c5ccccn5)nc5ccccc54)c(=O)oc3c2C)OC1(C)C. The number of pyridine rings is 1. The Morgan fingerprint density at radius 3 is 2.55 bits per heavy atom. The zero-order valence-corrected chi connectivity index (χ0v) is 29.4. The minimum atomic E-state index is -1.51. The van der Waals surface area contributed by atoms with Crippen molar-refractivity contribution in [2.45, 2.75) is 64.4 Å². The fourth-order valence-corrected chi connectivity index (χ4v) is 6.60. The van der Waals surface area contributed by atoms with Gasteiger partial charge in [0.1, 0.15) is 35.4 Å². The largest absolute Gasteiger partial charge is 0.505 e. The van der Waals surface area contributed by atoms with Crippen molar-refractivity contribution in [3.05, 3.63) is 100 Å². The second-order valence-electron chi connectivity index (χ2n) is 13.2. The van der Waals surface area contributed by atoms with E-state index in [0.717, 1.165) is 5.69 Å². The van der Waals surface area contributed by atoms with Crippen LogP contribution in [-0.2, 0) is 25.5 Å². The number of aryl methyl sites for hydroxylation is 2. The molecule has 1 amide bonds. The number of ether oxygens (including phenoxy) is 4. The molecule has 0 unspecified atom stereocenters. The maximum Gasteiger partial charge on any atom is 0.364 e. The van der Waals surface area contributed by atoms with E-state index in [9.17, 15) is 24.6 Å². The molecule has 6 aromatic rings. The van der Waals surface area contributed by atoms with Gasteiger partial charge in [0, 0.05) is 24.6 Å². The summed E-state index contributed by atoms with van der Waals surface area (Å²) in [7, 11) is 1.42. The number of hydrogen-bond donors (Lipinski definition) is 4. The van der Waals surface area contributed by atoms with Crippen LogP contribution < -0.4 is 15.7 Å². The van der Waals surface area contributed by atoms with Crippen molar-refractivity contribution in [2.75, 3.05) is 12.4 Å². The van der Waals surface area contributed by atoms with Gasteiger partial charge in [-0.1, -0.05) is 18.2 Å². The lowest BCUT2D eigenvalue weighted by Gasteiger charge is -2.47. The van der Waals surface area contributed by atoms with E-state index < -0.39 is 59.1 Å². The summed E-state index contributed by atoms with van der Waals surface area (Å²) in [5, 5.41) is 25.3. The Bertz CT molecular complexity index is 2400. The van der Waals surface area contributed by atoms with Gasteiger partial charge in [-0.25, -0.2) is 14.6 Å². The Kier molecular flexibility index (Phi) is 9.24. The van der Waals surface area contributed by atoms with E-state index >= 15 is 0 Å². The summed E-state index contributed by atoms with van der Waals surface area (Å²) in [6.45, 7) is 6.54. The molecule has 15 heteroatoms. The summed E-state index contributed by atoms with van der Waals surface area (Å²) in [5.74, 6) is -1.23. The number of amides is 1. The number of aliphatic hydroxyl groups excluding tert-OH is 1. The van der Waals surface area contributed by atoms with Crippen LogP contribution in [0.5, 0.6) is 11.5 Å². The van der Waals surface area contributed by atoms with E-state index in [1.165, 1.54) is 19.2 Å². The van der Waals surface area contributed by atoms with Crippen molar-refractivity contribution in [3.63, 3.8) is 0 Å². The Labute approximate surface area is 302 Å². The number of anilines is 1. The molecule has 1 saturated heterocycles. The number of aliphatic hydroxyl groups is 1. The molecule has 5 heterocycles. The number of carbonyl (C=O) groups excluding carboxylic acids is 2. The lowest BCUT2D eigenvalue weighted by molar-refractivity contribution is -0.305. The third kappa shape index (κ3) is 6.61. The van der Waals surface area contributed by atoms with Gasteiger partial charge in [0.2, 0.25) is 12.2 Å². The van der Waals surface area contributed by atoms with Crippen LogP contribution in [0.2, 0.25) is 0 Å². The van der Waals surface area contributed by atoms with Gasteiger partial charge in [-0.15, -0.1) is 0 Å². The summed E-state index contributed by atoms with van der Waals surface area (Å²) < 4.78 is 30.9. The average Bonchev–Trinajstić information content (AvgIpc) is 3.74. The number of methoxy groups -OCH3 is 1. The highest BCUT2D eigenvalue weighted by molar-refractivity contribution is 5.98. The highest BCUT2D eigenvalue weighted by atomic mass is 16.7. The number of rotatable bonds is 9. The minimum Gasteiger partial charge on any atom is -0.505 e. The minimum absolute atomic E-state index is 0.0227. The van der Waals surface area contributed by atoms with Crippen molar-refractivity contribution in [3.8, 4) is 23.0 Å². The van der Waals surface area contributed by atoms with Crippen LogP contribution in [0, 0.1) is 13.8 Å². The number of H-pyrrole nitrogens is 1. The number of para-hydroxylation sites is 2. The van der Waals surface area contributed by atoms with E-state index in [4.69, 9.17) is 23.4 Å². The van der Waals surface area contributed by atoms with Crippen LogP contribution >= 0.6 is 0 Å². The van der Waals surface area contributed by atoms with E-state index in [2.05, 4.69) is 20.3 Å². The quantitative estimate of drug-likeness (QED) is 0.119. The van der Waals surface area contributed by atoms with Crippen LogP contribution in [0.1, 0.15) is 35.6 Å². The number of aromatic nitrogens is 4. The molecule has 0 bridgehead atoms. The first-order chi connectivity index (χ1) is 25.4. The maximum absolute atomic E-state index is 13.4. The van der Waals surface area contributed by atoms with E-state index in [-0.39, 0.29) is 34.5 Å². The molecular formula is C38H37N5O10. The van der Waals surface area contributed by atoms with Crippen molar-refractivity contribution >= 4 is 39.6 Å². The molecule has 53 heavy (non-hydrogen) atoms. The number of benzene rings is 2. The highest BCUT2D eigenvalue weighted by Gasteiger charge is 2.53. The van der Waals surface area contributed by atoms with E-state index in [0.29, 0.717) is 22.6 Å². The van der Waals surface area contributed by atoms with E-state index in [1.54, 1.807) is 62.7 Å². The van der Waals surface area contributed by atoms with Crippen LogP contribution in [0.4, 0.5) is 5.69 Å². The number of aromatic amines is 1. The molecule has 1 aliphatic rings. The second-order valence-corrected chi connectivity index (χ2v) is 13.2. The summed E-state index contributed by atoms with van der Waals surface area (Å²) in [5.41, 5.74) is 0.551. The Hall–Kier alpha value is -6.03. The Morgan fingerprint density at radius 1 is 1.06 bits per heavy atom. The van der Waals surface area contributed by atoms with Crippen molar-refractivity contribution in [1.82, 2.24) is 19.5 Å². The third-order valence-corrected chi connectivity index (χ3v) is 9.17. The number of nitrogens with one attached hydrogen (secondary N) is 2. The second kappa shape index (κ2) is 13.8. The van der Waals surface area contributed by atoms with Gasteiger partial charge in [0.15, 0.2) is 29.5 Å². The number of carbonyl (C=O) groups is 2. The summed E-state index contributed by atoms with van der Waals surface area (Å²) in [6, 6.07) is 18.9. The molecule has 0 aliphatic carbocycles. The summed E-state index contributed by atoms with van der Waals surface area (Å²) in [6.07, 6.45) is -3.30. The number of imidazole rings is 1. The van der Waals surface area contributed by atoms with Gasteiger partial charge in [-0.3, -0.25) is 9.78 Å². The van der Waals surface area contributed by atoms with Crippen LogP contribution in [-0.4, -0.2) is 78.9 Å². The number of aromatic hydroxyl groups is 1. The van der Waals surface area contributed by atoms with E-state index in [1.807, 2.05) is 30.3 Å². The Morgan fingerprint density at radius 2 is 1.83 bits per heavy atom. The number of nitrogens with zero attached hydrogens (tertiary/aromatic N) is 3. The van der Waals surface area contributed by atoms with Gasteiger partial charge in [-0.2, -0.15) is 0 Å². The molecule has 4 atom stereocenters. The standard InChI is InChI=1S/C38H37N5O10/c1-19-13-15-24(40-19)35(47)52-32-30(46)37(53-38(3,4)33(32)49-5)50-26-16-14-21-29(45)28(36(48)51-31(21)20(26)2)42-27(44)18-43-25-12-7-6-10-22(25)41-34(43)23-11-8-9-17-39-23/h6-17,30,32-33,37,40,45-46H,18H2,1-5H3,(H,42,44)/t30-,32+,33-,37-/m1/s1. The zero-order chi connectivity index (χ0) is 37.6. The number of esters is 1. The number of hydrogen-bond acceptors (Lipinski definition) is 12. The average molecular weight is 724 g/mol. The molecule has 2 aromatic carbocycles. The van der Waals surface area contributed by atoms with Gasteiger partial charge >= 0.3 is 11.6 Å². The first-order valence-corrected chi connectivity index (χ1v) is 16.7. The van der Waals surface area contributed by atoms with Gasteiger partial charge < -0.3 is 48.4 Å². The molecule has 0 spiro atoms. The molecule has 4 N–H and O–H groups in total. The molecule has 274 valence electrons. The van der Waals surface area contributed by atoms with Gasteiger partial charge in [0.25, 0.3) is 0 Å². The predicted molar refractivity (Wildman–Crippen MR) is 192 cm³/mol. The molecular weight excluding hydrogens is 686 g/mol. The van der Waals surface area contributed by atoms with Crippen molar-refractivity contribution in [2.24, 2.45) is 0 Å². The molecule has 7 rings (SSSR count). The van der Waals surface area contributed by atoms with Crippen molar-refractivity contribution in [1.29, 1.82) is 0 Å². The van der Waals surface area contributed by atoms with Crippen LogP contribution in [0.15, 0.2) is 82.1 Å². The fraction of sp³-hybridized carbons (Fsp3) is 0.289. The van der Waals surface area contributed by atoms with Gasteiger partial charge in [0.05, 0.1) is 22.0 Å². The van der Waals surface area contributed by atoms with Crippen molar-refractivity contribution < 1.29 is 43.2 Å². The van der Waals surface area contributed by atoms with Crippen LogP contribution in [0.25, 0.3) is 33.5 Å².